The van der Waals surface area contributed by atoms with Crippen LogP contribution in [0.15, 0.2) is 18.3 Å². The molecule has 0 amide bonds. The summed E-state index contributed by atoms with van der Waals surface area (Å²) in [5, 5.41) is 12.9. The van der Waals surface area contributed by atoms with Crippen molar-refractivity contribution in [3.05, 3.63) is 35.4 Å². The second kappa shape index (κ2) is 5.04. The van der Waals surface area contributed by atoms with Gasteiger partial charge in [-0.3, -0.25) is 9.78 Å². The number of hydrogen-bond donors (Lipinski definition) is 2. The minimum absolute atomic E-state index is 0.0566. The van der Waals surface area contributed by atoms with Crippen LogP contribution < -0.4 is 5.32 Å². The van der Waals surface area contributed by atoms with Crippen LogP contribution in [0.3, 0.4) is 0 Å². The molecule has 2 heterocycles. The molecule has 1 atom stereocenters. The van der Waals surface area contributed by atoms with Gasteiger partial charge in [0, 0.05) is 31.5 Å². The number of aryl methyl sites for hydroxylation is 1. The first-order chi connectivity index (χ1) is 8.86. The Labute approximate surface area is 107 Å². The predicted molar refractivity (Wildman–Crippen MR) is 62.1 cm³/mol. The molecule has 2 rings (SSSR count). The van der Waals surface area contributed by atoms with Crippen molar-refractivity contribution >= 4 is 0 Å². The molecule has 104 valence electrons. The molecule has 0 radical (unpaired) electrons. The molecule has 0 bridgehead atoms. The lowest BCUT2D eigenvalue weighted by molar-refractivity contribution is -0.141. The molecule has 0 saturated heterocycles. The van der Waals surface area contributed by atoms with Crippen molar-refractivity contribution in [1.82, 2.24) is 25.3 Å². The zero-order valence-electron chi connectivity index (χ0n) is 10.5. The highest BCUT2D eigenvalue weighted by Gasteiger charge is 2.33. The van der Waals surface area contributed by atoms with Gasteiger partial charge in [0.05, 0.1) is 5.69 Å². The van der Waals surface area contributed by atoms with Crippen LogP contribution in [0.4, 0.5) is 13.2 Å². The second-order valence-corrected chi connectivity index (χ2v) is 4.29. The average Bonchev–Trinajstić information content (AvgIpc) is 2.93. The standard InChI is InChI=1S/C11H14F3N5/c1-7(9-3-4-19(2)18-9)15-6-8-5-10(17-16-8)11(12,13)14/h3-5,7,15H,6H2,1-2H3,(H,16,17). The van der Waals surface area contributed by atoms with Gasteiger partial charge in [-0.2, -0.15) is 23.4 Å². The molecule has 0 spiro atoms. The highest BCUT2D eigenvalue weighted by Crippen LogP contribution is 2.27. The number of nitrogens with zero attached hydrogens (tertiary/aromatic N) is 3. The van der Waals surface area contributed by atoms with Gasteiger partial charge < -0.3 is 5.32 Å². The summed E-state index contributed by atoms with van der Waals surface area (Å²) in [7, 11) is 1.81. The van der Waals surface area contributed by atoms with Crippen LogP contribution in [0.25, 0.3) is 0 Å². The van der Waals surface area contributed by atoms with Gasteiger partial charge >= 0.3 is 6.18 Å². The lowest BCUT2D eigenvalue weighted by Crippen LogP contribution is -2.19. The van der Waals surface area contributed by atoms with Crippen molar-refractivity contribution in [2.24, 2.45) is 7.05 Å². The summed E-state index contributed by atoms with van der Waals surface area (Å²) in [6.45, 7) is 2.16. The summed E-state index contributed by atoms with van der Waals surface area (Å²) in [6, 6.07) is 2.79. The number of hydrogen-bond acceptors (Lipinski definition) is 3. The fraction of sp³-hybridized carbons (Fsp3) is 0.455. The van der Waals surface area contributed by atoms with Crippen molar-refractivity contribution in [2.75, 3.05) is 0 Å². The van der Waals surface area contributed by atoms with Gasteiger partial charge in [-0.05, 0) is 19.1 Å². The van der Waals surface area contributed by atoms with E-state index in [2.05, 4.69) is 20.6 Å². The number of aromatic nitrogens is 4. The Morgan fingerprint density at radius 1 is 1.47 bits per heavy atom. The molecule has 0 aliphatic heterocycles. The minimum atomic E-state index is -4.42. The summed E-state index contributed by atoms with van der Waals surface area (Å²) in [5.74, 6) is 0. The van der Waals surface area contributed by atoms with E-state index in [4.69, 9.17) is 0 Å². The van der Waals surface area contributed by atoms with Gasteiger partial charge in [-0.15, -0.1) is 0 Å². The van der Waals surface area contributed by atoms with E-state index in [0.717, 1.165) is 11.8 Å². The van der Waals surface area contributed by atoms with Gasteiger partial charge in [0.15, 0.2) is 5.69 Å². The Morgan fingerprint density at radius 3 is 2.74 bits per heavy atom. The van der Waals surface area contributed by atoms with Gasteiger partial charge in [-0.25, -0.2) is 0 Å². The SMILES string of the molecule is CC(NCc1cc(C(F)(F)F)n[nH]1)c1ccn(C)n1. The van der Waals surface area contributed by atoms with E-state index in [-0.39, 0.29) is 12.6 Å². The van der Waals surface area contributed by atoms with E-state index in [9.17, 15) is 13.2 Å². The molecular formula is C11H14F3N5. The molecule has 0 aromatic carbocycles. The average molecular weight is 273 g/mol. The van der Waals surface area contributed by atoms with Crippen LogP contribution in [0.5, 0.6) is 0 Å². The van der Waals surface area contributed by atoms with Crippen LogP contribution in [0.2, 0.25) is 0 Å². The Hall–Kier alpha value is -1.83. The molecule has 5 nitrogen and oxygen atoms in total. The fourth-order valence-corrected chi connectivity index (χ4v) is 1.63. The van der Waals surface area contributed by atoms with E-state index in [0.29, 0.717) is 5.69 Å². The van der Waals surface area contributed by atoms with Crippen LogP contribution in [-0.2, 0) is 19.8 Å². The third kappa shape index (κ3) is 3.34. The molecule has 0 fully saturated rings. The lowest BCUT2D eigenvalue weighted by atomic mass is 10.2. The van der Waals surface area contributed by atoms with Crippen molar-refractivity contribution < 1.29 is 13.2 Å². The Bertz CT molecular complexity index is 543. The number of H-pyrrole nitrogens is 1. The smallest absolute Gasteiger partial charge is 0.303 e. The minimum Gasteiger partial charge on any atom is -0.303 e. The normalized spacial score (nSPS) is 13.7. The van der Waals surface area contributed by atoms with Gasteiger partial charge in [-0.1, -0.05) is 0 Å². The molecule has 19 heavy (non-hydrogen) atoms. The Kier molecular flexibility index (Phi) is 3.61. The molecule has 8 heteroatoms. The maximum atomic E-state index is 12.4. The van der Waals surface area contributed by atoms with E-state index in [1.54, 1.807) is 11.7 Å². The third-order valence-electron chi connectivity index (χ3n) is 2.70. The maximum absolute atomic E-state index is 12.4. The predicted octanol–water partition coefficient (Wildman–Crippen LogP) is 2.01. The first kappa shape index (κ1) is 13.6. The summed E-state index contributed by atoms with van der Waals surface area (Å²) in [6.07, 6.45) is -2.60. The molecular weight excluding hydrogens is 259 g/mol. The van der Waals surface area contributed by atoms with Crippen molar-refractivity contribution in [3.8, 4) is 0 Å². The van der Waals surface area contributed by atoms with Crippen LogP contribution in [0, 0.1) is 0 Å². The van der Waals surface area contributed by atoms with Crippen molar-refractivity contribution in [2.45, 2.75) is 25.7 Å². The van der Waals surface area contributed by atoms with E-state index >= 15 is 0 Å². The molecule has 2 aromatic heterocycles. The summed E-state index contributed by atoms with van der Waals surface area (Å²) in [5.41, 5.74) is 0.308. The molecule has 2 aromatic rings. The van der Waals surface area contributed by atoms with E-state index in [1.165, 1.54) is 0 Å². The number of rotatable bonds is 4. The van der Waals surface area contributed by atoms with Crippen LogP contribution in [0.1, 0.15) is 30.0 Å². The van der Waals surface area contributed by atoms with E-state index in [1.807, 2.05) is 19.2 Å². The maximum Gasteiger partial charge on any atom is 0.435 e. The Morgan fingerprint density at radius 2 is 2.21 bits per heavy atom. The molecule has 0 aliphatic carbocycles. The molecule has 0 aliphatic rings. The second-order valence-electron chi connectivity index (χ2n) is 4.29. The largest absolute Gasteiger partial charge is 0.435 e. The first-order valence-electron chi connectivity index (χ1n) is 5.70. The summed E-state index contributed by atoms with van der Waals surface area (Å²) >= 11 is 0. The molecule has 2 N–H and O–H groups in total. The van der Waals surface area contributed by atoms with Crippen LogP contribution in [-0.4, -0.2) is 20.0 Å². The van der Waals surface area contributed by atoms with Crippen molar-refractivity contribution in [1.29, 1.82) is 0 Å². The molecule has 1 unspecified atom stereocenters. The summed E-state index contributed by atoms with van der Waals surface area (Å²) < 4.78 is 38.7. The Balaban J connectivity index is 1.94. The number of aromatic amines is 1. The van der Waals surface area contributed by atoms with Crippen LogP contribution >= 0.6 is 0 Å². The monoisotopic (exact) mass is 273 g/mol. The number of nitrogens with one attached hydrogen (secondary N) is 2. The number of alkyl halides is 3. The summed E-state index contributed by atoms with van der Waals surface area (Å²) in [4.78, 5) is 0. The first-order valence-corrected chi connectivity index (χ1v) is 5.70. The molecule has 0 saturated carbocycles. The topological polar surface area (TPSA) is 58.5 Å². The van der Waals surface area contributed by atoms with E-state index < -0.39 is 11.9 Å². The fourth-order valence-electron chi connectivity index (χ4n) is 1.63. The third-order valence-corrected chi connectivity index (χ3v) is 2.70. The zero-order valence-corrected chi connectivity index (χ0v) is 10.5. The highest BCUT2D eigenvalue weighted by atomic mass is 19.4. The van der Waals surface area contributed by atoms with Gasteiger partial charge in [0.25, 0.3) is 0 Å². The van der Waals surface area contributed by atoms with Gasteiger partial charge in [0.2, 0.25) is 0 Å². The lowest BCUT2D eigenvalue weighted by Gasteiger charge is -2.09. The highest BCUT2D eigenvalue weighted by molar-refractivity contribution is 5.12. The number of halogens is 3. The quantitative estimate of drug-likeness (QED) is 0.896. The van der Waals surface area contributed by atoms with Crippen molar-refractivity contribution in [3.63, 3.8) is 0 Å². The van der Waals surface area contributed by atoms with Gasteiger partial charge in [0.1, 0.15) is 0 Å². The zero-order chi connectivity index (χ0) is 14.0.